The summed E-state index contributed by atoms with van der Waals surface area (Å²) in [7, 11) is -3.61. The molecule has 1 fully saturated rings. The van der Waals surface area contributed by atoms with Crippen molar-refractivity contribution in [2.75, 3.05) is 39.4 Å². The summed E-state index contributed by atoms with van der Waals surface area (Å²) in [4.78, 5) is 2.20. The van der Waals surface area contributed by atoms with E-state index in [4.69, 9.17) is 21.6 Å². The van der Waals surface area contributed by atoms with Crippen molar-refractivity contribution >= 4 is 21.6 Å². The lowest BCUT2D eigenvalue weighted by Crippen LogP contribution is -2.41. The van der Waals surface area contributed by atoms with Gasteiger partial charge >= 0.3 is 0 Å². The maximum absolute atomic E-state index is 12.1. The minimum atomic E-state index is -3.61. The quantitative estimate of drug-likeness (QED) is 0.865. The van der Waals surface area contributed by atoms with E-state index in [0.29, 0.717) is 26.3 Å². The Hall–Kier alpha value is -1.17. The van der Waals surface area contributed by atoms with Gasteiger partial charge in [-0.2, -0.15) is 5.26 Å². The van der Waals surface area contributed by atoms with Crippen LogP contribution >= 0.6 is 11.6 Å². The lowest BCUT2D eigenvalue weighted by atomic mass is 10.2. The molecule has 114 valence electrons. The molecule has 0 aliphatic carbocycles. The molecule has 8 heteroatoms. The summed E-state index contributed by atoms with van der Waals surface area (Å²) in [6.07, 6.45) is 0. The molecule has 0 spiro atoms. The highest BCUT2D eigenvalue weighted by Gasteiger charge is 2.16. The third-order valence-electron chi connectivity index (χ3n) is 3.20. The van der Waals surface area contributed by atoms with Crippen molar-refractivity contribution < 1.29 is 13.2 Å². The first-order valence-electron chi connectivity index (χ1n) is 6.52. The van der Waals surface area contributed by atoms with Gasteiger partial charge in [0.15, 0.2) is 0 Å². The molecule has 0 radical (unpaired) electrons. The SMILES string of the molecule is N#Cc1ccc(S(=O)(=O)NCCN2CCOCC2)cc1Cl. The summed E-state index contributed by atoms with van der Waals surface area (Å²) in [6.45, 7) is 3.93. The molecular weight excluding hydrogens is 314 g/mol. The molecular formula is C13H16ClN3O3S. The predicted octanol–water partition coefficient (Wildman–Crippen LogP) is 0.822. The predicted molar refractivity (Wildman–Crippen MR) is 78.6 cm³/mol. The van der Waals surface area contributed by atoms with Crippen LogP contribution in [0.25, 0.3) is 0 Å². The molecule has 1 aliphatic rings. The molecule has 1 aromatic carbocycles. The highest BCUT2D eigenvalue weighted by Crippen LogP contribution is 2.19. The van der Waals surface area contributed by atoms with Gasteiger partial charge in [-0.25, -0.2) is 13.1 Å². The van der Waals surface area contributed by atoms with Crippen LogP contribution in [0.4, 0.5) is 0 Å². The third kappa shape index (κ3) is 4.40. The summed E-state index contributed by atoms with van der Waals surface area (Å²) < 4.78 is 32.0. The van der Waals surface area contributed by atoms with Crippen molar-refractivity contribution in [3.8, 4) is 6.07 Å². The van der Waals surface area contributed by atoms with E-state index < -0.39 is 10.0 Å². The Kier molecular flexibility index (Phi) is 5.56. The number of ether oxygens (including phenoxy) is 1. The van der Waals surface area contributed by atoms with Crippen LogP contribution < -0.4 is 4.72 Å². The van der Waals surface area contributed by atoms with Crippen molar-refractivity contribution in [3.05, 3.63) is 28.8 Å². The highest BCUT2D eigenvalue weighted by molar-refractivity contribution is 7.89. The highest BCUT2D eigenvalue weighted by atomic mass is 35.5. The molecule has 1 N–H and O–H groups in total. The fraction of sp³-hybridized carbons (Fsp3) is 0.462. The maximum Gasteiger partial charge on any atom is 0.240 e. The van der Waals surface area contributed by atoms with E-state index in [2.05, 4.69) is 9.62 Å². The maximum atomic E-state index is 12.1. The molecule has 2 rings (SSSR count). The molecule has 0 amide bonds. The Morgan fingerprint density at radius 2 is 2.10 bits per heavy atom. The average molecular weight is 330 g/mol. The summed E-state index contributed by atoms with van der Waals surface area (Å²) in [5.74, 6) is 0. The Bertz CT molecular complexity index is 637. The van der Waals surface area contributed by atoms with Crippen LogP contribution in [0.1, 0.15) is 5.56 Å². The number of hydrogen-bond acceptors (Lipinski definition) is 5. The molecule has 0 bridgehead atoms. The number of nitriles is 1. The Balaban J connectivity index is 1.95. The standard InChI is InChI=1S/C13H16ClN3O3S/c14-13-9-12(2-1-11(13)10-15)21(18,19)16-3-4-17-5-7-20-8-6-17/h1-2,9,16H,3-8H2. The van der Waals surface area contributed by atoms with E-state index in [1.807, 2.05) is 6.07 Å². The van der Waals surface area contributed by atoms with Crippen molar-refractivity contribution in [3.63, 3.8) is 0 Å². The van der Waals surface area contributed by atoms with Crippen LogP contribution in [0.15, 0.2) is 23.1 Å². The van der Waals surface area contributed by atoms with Gasteiger partial charge in [0, 0.05) is 26.2 Å². The van der Waals surface area contributed by atoms with E-state index >= 15 is 0 Å². The fourth-order valence-electron chi connectivity index (χ4n) is 2.00. The number of benzene rings is 1. The summed E-state index contributed by atoms with van der Waals surface area (Å²) in [5, 5.41) is 8.92. The zero-order valence-electron chi connectivity index (χ0n) is 11.4. The van der Waals surface area contributed by atoms with Gasteiger partial charge in [0.05, 0.1) is 28.7 Å². The number of sulfonamides is 1. The van der Waals surface area contributed by atoms with Gasteiger partial charge in [-0.05, 0) is 18.2 Å². The minimum Gasteiger partial charge on any atom is -0.379 e. The number of hydrogen-bond donors (Lipinski definition) is 1. The van der Waals surface area contributed by atoms with Crippen LogP contribution in [0, 0.1) is 11.3 Å². The molecule has 1 aromatic rings. The summed E-state index contributed by atoms with van der Waals surface area (Å²) in [6, 6.07) is 5.96. The molecule has 0 atom stereocenters. The van der Waals surface area contributed by atoms with E-state index in [9.17, 15) is 8.42 Å². The van der Waals surface area contributed by atoms with E-state index in [0.717, 1.165) is 13.1 Å². The monoisotopic (exact) mass is 329 g/mol. The lowest BCUT2D eigenvalue weighted by molar-refractivity contribution is 0.0390. The average Bonchev–Trinajstić information content (AvgIpc) is 2.48. The van der Waals surface area contributed by atoms with Crippen molar-refractivity contribution in [2.45, 2.75) is 4.90 Å². The van der Waals surface area contributed by atoms with Crippen molar-refractivity contribution in [1.29, 1.82) is 5.26 Å². The third-order valence-corrected chi connectivity index (χ3v) is 4.97. The normalized spacial score (nSPS) is 16.6. The first-order chi connectivity index (χ1) is 10.0. The molecule has 0 unspecified atom stereocenters. The smallest absolute Gasteiger partial charge is 0.240 e. The van der Waals surface area contributed by atoms with Gasteiger partial charge in [0.25, 0.3) is 0 Å². The van der Waals surface area contributed by atoms with Gasteiger partial charge in [-0.3, -0.25) is 4.90 Å². The van der Waals surface area contributed by atoms with E-state index in [-0.39, 0.29) is 15.5 Å². The minimum absolute atomic E-state index is 0.0634. The number of halogens is 1. The first-order valence-corrected chi connectivity index (χ1v) is 8.38. The second kappa shape index (κ2) is 7.20. The van der Waals surface area contributed by atoms with Crippen LogP contribution in [0.5, 0.6) is 0 Å². The molecule has 1 aliphatic heterocycles. The van der Waals surface area contributed by atoms with Gasteiger partial charge in [-0.1, -0.05) is 11.6 Å². The van der Waals surface area contributed by atoms with Crippen LogP contribution in [0.3, 0.4) is 0 Å². The largest absolute Gasteiger partial charge is 0.379 e. The fourth-order valence-corrected chi connectivity index (χ4v) is 3.33. The zero-order valence-corrected chi connectivity index (χ0v) is 13.0. The Morgan fingerprint density at radius 3 is 2.71 bits per heavy atom. The summed E-state index contributed by atoms with van der Waals surface area (Å²) >= 11 is 5.85. The Morgan fingerprint density at radius 1 is 1.38 bits per heavy atom. The molecule has 6 nitrogen and oxygen atoms in total. The molecule has 0 aromatic heterocycles. The van der Waals surface area contributed by atoms with Crippen molar-refractivity contribution in [2.24, 2.45) is 0 Å². The van der Waals surface area contributed by atoms with Crippen molar-refractivity contribution in [1.82, 2.24) is 9.62 Å². The lowest BCUT2D eigenvalue weighted by Gasteiger charge is -2.26. The number of morpholine rings is 1. The van der Waals surface area contributed by atoms with Gasteiger partial charge < -0.3 is 4.74 Å². The van der Waals surface area contributed by atoms with Crippen LogP contribution in [0.2, 0.25) is 5.02 Å². The van der Waals surface area contributed by atoms with Crippen LogP contribution in [-0.2, 0) is 14.8 Å². The topological polar surface area (TPSA) is 82.4 Å². The number of rotatable bonds is 5. The molecule has 21 heavy (non-hydrogen) atoms. The number of nitrogens with zero attached hydrogens (tertiary/aromatic N) is 2. The number of nitrogens with one attached hydrogen (secondary N) is 1. The Labute approximate surface area is 129 Å². The van der Waals surface area contributed by atoms with E-state index in [1.54, 1.807) is 0 Å². The summed E-state index contributed by atoms with van der Waals surface area (Å²) in [5.41, 5.74) is 0.254. The van der Waals surface area contributed by atoms with E-state index in [1.165, 1.54) is 18.2 Å². The van der Waals surface area contributed by atoms with Crippen LogP contribution in [-0.4, -0.2) is 52.7 Å². The van der Waals surface area contributed by atoms with Gasteiger partial charge in [0.2, 0.25) is 10.0 Å². The zero-order chi connectivity index (χ0) is 15.3. The van der Waals surface area contributed by atoms with Gasteiger partial charge in [-0.15, -0.1) is 0 Å². The second-order valence-electron chi connectivity index (χ2n) is 4.61. The first kappa shape index (κ1) is 16.2. The molecule has 1 heterocycles. The molecule has 1 saturated heterocycles. The second-order valence-corrected chi connectivity index (χ2v) is 6.78. The van der Waals surface area contributed by atoms with Gasteiger partial charge in [0.1, 0.15) is 6.07 Å². The molecule has 0 saturated carbocycles.